The fourth-order valence-electron chi connectivity index (χ4n) is 3.22. The van der Waals surface area contributed by atoms with Gasteiger partial charge >= 0.3 is 0 Å². The van der Waals surface area contributed by atoms with Gasteiger partial charge in [-0.05, 0) is 38.3 Å². The molecule has 0 bridgehead atoms. The zero-order valence-electron chi connectivity index (χ0n) is 15.2. The highest BCUT2D eigenvalue weighted by Crippen LogP contribution is 2.18. The maximum Gasteiger partial charge on any atom is 0.233 e. The molecule has 2 rings (SSSR count). The molecule has 2 N–H and O–H groups in total. The predicted molar refractivity (Wildman–Crippen MR) is 95.9 cm³/mol. The van der Waals surface area contributed by atoms with Gasteiger partial charge in [-0.2, -0.15) is 0 Å². The molecule has 0 amide bonds. The summed E-state index contributed by atoms with van der Waals surface area (Å²) in [7, 11) is 2.02. The van der Waals surface area contributed by atoms with Gasteiger partial charge in [0.15, 0.2) is 5.78 Å². The SMILES string of the molecule is CCc1ccc(C[NH+](C)CC(=O)c2[nH]c(C)c(C(C)=O)c2C)cc1. The van der Waals surface area contributed by atoms with Gasteiger partial charge in [-0.15, -0.1) is 0 Å². The number of likely N-dealkylation sites (N-methyl/N-ethyl adjacent to an activating group) is 1. The lowest BCUT2D eigenvalue weighted by atomic mass is 10.1. The summed E-state index contributed by atoms with van der Waals surface area (Å²) in [4.78, 5) is 28.5. The van der Waals surface area contributed by atoms with Crippen LogP contribution in [-0.4, -0.2) is 30.1 Å². The van der Waals surface area contributed by atoms with Crippen molar-refractivity contribution in [1.82, 2.24) is 4.98 Å². The minimum atomic E-state index is -0.00276. The van der Waals surface area contributed by atoms with Crippen LogP contribution in [0.15, 0.2) is 24.3 Å². The van der Waals surface area contributed by atoms with Crippen molar-refractivity contribution in [2.75, 3.05) is 13.6 Å². The third kappa shape index (κ3) is 4.01. The number of carbonyl (C=O) groups excluding carboxylic acids is 2. The molecule has 4 nitrogen and oxygen atoms in total. The van der Waals surface area contributed by atoms with E-state index in [-0.39, 0.29) is 11.6 Å². The number of quaternary nitrogens is 1. The van der Waals surface area contributed by atoms with Crippen LogP contribution in [0.25, 0.3) is 0 Å². The highest BCUT2D eigenvalue weighted by molar-refractivity contribution is 6.03. The van der Waals surface area contributed by atoms with Gasteiger partial charge in [-0.3, -0.25) is 9.59 Å². The number of carbonyl (C=O) groups is 2. The van der Waals surface area contributed by atoms with E-state index in [9.17, 15) is 9.59 Å². The molecule has 0 saturated carbocycles. The van der Waals surface area contributed by atoms with Crippen molar-refractivity contribution in [3.63, 3.8) is 0 Å². The zero-order chi connectivity index (χ0) is 17.9. The Morgan fingerprint density at radius 2 is 1.67 bits per heavy atom. The number of benzene rings is 1. The molecule has 2 aromatic rings. The van der Waals surface area contributed by atoms with Gasteiger partial charge in [0, 0.05) is 16.8 Å². The monoisotopic (exact) mass is 327 g/mol. The van der Waals surface area contributed by atoms with E-state index in [0.717, 1.165) is 29.1 Å². The topological polar surface area (TPSA) is 54.4 Å². The third-order valence-corrected chi connectivity index (χ3v) is 4.47. The summed E-state index contributed by atoms with van der Waals surface area (Å²) < 4.78 is 0. The van der Waals surface area contributed by atoms with Crippen LogP contribution in [-0.2, 0) is 13.0 Å². The molecular formula is C20H27N2O2+. The number of aromatic nitrogens is 1. The van der Waals surface area contributed by atoms with Crippen LogP contribution < -0.4 is 4.90 Å². The molecule has 1 aromatic heterocycles. The molecule has 0 aliphatic heterocycles. The summed E-state index contributed by atoms with van der Waals surface area (Å²) in [6.07, 6.45) is 1.03. The Morgan fingerprint density at radius 3 is 2.17 bits per heavy atom. The summed E-state index contributed by atoms with van der Waals surface area (Å²) in [5.74, 6) is 0.0443. The molecule has 0 aliphatic rings. The van der Waals surface area contributed by atoms with Crippen LogP contribution >= 0.6 is 0 Å². The first-order valence-corrected chi connectivity index (χ1v) is 8.45. The number of hydrogen-bond donors (Lipinski definition) is 2. The van der Waals surface area contributed by atoms with Gasteiger partial charge in [0.05, 0.1) is 12.7 Å². The largest absolute Gasteiger partial charge is 0.355 e. The maximum atomic E-state index is 12.6. The van der Waals surface area contributed by atoms with Gasteiger partial charge in [0.25, 0.3) is 0 Å². The molecule has 0 fully saturated rings. The van der Waals surface area contributed by atoms with Crippen LogP contribution in [0, 0.1) is 13.8 Å². The van der Waals surface area contributed by atoms with E-state index in [0.29, 0.717) is 17.8 Å². The first-order chi connectivity index (χ1) is 11.3. The Balaban J connectivity index is 2.06. The van der Waals surface area contributed by atoms with Gasteiger partial charge in [-0.25, -0.2) is 0 Å². The average Bonchev–Trinajstić information content (AvgIpc) is 2.82. The fourth-order valence-corrected chi connectivity index (χ4v) is 3.22. The van der Waals surface area contributed by atoms with E-state index >= 15 is 0 Å². The maximum absolute atomic E-state index is 12.6. The van der Waals surface area contributed by atoms with Gasteiger partial charge in [0.2, 0.25) is 5.78 Å². The molecule has 0 radical (unpaired) electrons. The van der Waals surface area contributed by atoms with Crippen molar-refractivity contribution in [2.24, 2.45) is 0 Å². The van der Waals surface area contributed by atoms with Crippen LogP contribution in [0.1, 0.15) is 57.1 Å². The van der Waals surface area contributed by atoms with Crippen LogP contribution in [0.5, 0.6) is 0 Å². The van der Waals surface area contributed by atoms with E-state index in [4.69, 9.17) is 0 Å². The number of Topliss-reactive ketones (excluding diaryl/α,β-unsaturated/α-hetero) is 2. The molecule has 0 spiro atoms. The van der Waals surface area contributed by atoms with Crippen molar-refractivity contribution >= 4 is 11.6 Å². The zero-order valence-corrected chi connectivity index (χ0v) is 15.2. The molecule has 1 atom stereocenters. The summed E-state index contributed by atoms with van der Waals surface area (Å²) in [5, 5.41) is 0. The van der Waals surface area contributed by atoms with Crippen LogP contribution in [0.3, 0.4) is 0 Å². The molecule has 0 saturated heterocycles. The van der Waals surface area contributed by atoms with E-state index in [1.807, 2.05) is 20.9 Å². The molecule has 1 unspecified atom stereocenters. The van der Waals surface area contributed by atoms with Gasteiger partial charge in [0.1, 0.15) is 13.1 Å². The Bertz CT molecular complexity index is 742. The van der Waals surface area contributed by atoms with Crippen molar-refractivity contribution in [3.8, 4) is 0 Å². The quantitative estimate of drug-likeness (QED) is 0.767. The van der Waals surface area contributed by atoms with Crippen molar-refractivity contribution < 1.29 is 14.5 Å². The van der Waals surface area contributed by atoms with Crippen molar-refractivity contribution in [1.29, 1.82) is 0 Å². The van der Waals surface area contributed by atoms with Crippen LogP contribution in [0.2, 0.25) is 0 Å². The normalized spacial score (nSPS) is 12.2. The molecule has 4 heteroatoms. The van der Waals surface area contributed by atoms with Gasteiger partial charge in [-0.1, -0.05) is 31.2 Å². The molecule has 0 aliphatic carbocycles. The van der Waals surface area contributed by atoms with E-state index in [1.54, 1.807) is 0 Å². The molecule has 24 heavy (non-hydrogen) atoms. The Kier molecular flexibility index (Phi) is 5.73. The molecule has 1 heterocycles. The second-order valence-corrected chi connectivity index (χ2v) is 6.59. The average molecular weight is 327 g/mol. The number of nitrogens with one attached hydrogen (secondary N) is 2. The first kappa shape index (κ1) is 18.1. The minimum absolute atomic E-state index is 0.00276. The first-order valence-electron chi connectivity index (χ1n) is 8.45. The van der Waals surface area contributed by atoms with E-state index < -0.39 is 0 Å². The number of aromatic amines is 1. The highest BCUT2D eigenvalue weighted by Gasteiger charge is 2.22. The second-order valence-electron chi connectivity index (χ2n) is 6.59. The summed E-state index contributed by atoms with van der Waals surface area (Å²) in [6, 6.07) is 8.54. The van der Waals surface area contributed by atoms with E-state index in [1.165, 1.54) is 18.1 Å². The lowest BCUT2D eigenvalue weighted by molar-refractivity contribution is -0.884. The lowest BCUT2D eigenvalue weighted by Gasteiger charge is -2.13. The van der Waals surface area contributed by atoms with Gasteiger partial charge < -0.3 is 9.88 Å². The minimum Gasteiger partial charge on any atom is -0.355 e. The summed E-state index contributed by atoms with van der Waals surface area (Å²) in [6.45, 7) is 8.55. The second kappa shape index (κ2) is 7.58. The Morgan fingerprint density at radius 1 is 1.08 bits per heavy atom. The number of ketones is 2. The Labute approximate surface area is 143 Å². The lowest BCUT2D eigenvalue weighted by Crippen LogP contribution is -3.08. The van der Waals surface area contributed by atoms with E-state index in [2.05, 4.69) is 36.2 Å². The smallest absolute Gasteiger partial charge is 0.233 e. The number of aryl methyl sites for hydroxylation is 2. The highest BCUT2D eigenvalue weighted by atomic mass is 16.1. The predicted octanol–water partition coefficient (Wildman–Crippen LogP) is 2.29. The number of rotatable bonds is 7. The van der Waals surface area contributed by atoms with Crippen molar-refractivity contribution in [2.45, 2.75) is 40.7 Å². The van der Waals surface area contributed by atoms with Crippen LogP contribution in [0.4, 0.5) is 0 Å². The molecule has 128 valence electrons. The number of H-pyrrole nitrogens is 1. The van der Waals surface area contributed by atoms with Crippen molar-refractivity contribution in [3.05, 3.63) is 57.9 Å². The number of hydrogen-bond acceptors (Lipinski definition) is 2. The Hall–Kier alpha value is -2.20. The molecular weight excluding hydrogens is 300 g/mol. The summed E-state index contributed by atoms with van der Waals surface area (Å²) >= 11 is 0. The summed E-state index contributed by atoms with van der Waals surface area (Å²) in [5.41, 5.74) is 5.30. The standard InChI is InChI=1S/C20H26N2O2/c1-6-16-7-9-17(10-8-16)11-22(5)12-18(24)20-13(2)19(15(4)23)14(3)21-20/h7-10,21H,6,11-12H2,1-5H3/p+1. The fraction of sp³-hybridized carbons (Fsp3) is 0.400. The molecule has 1 aromatic carbocycles. The third-order valence-electron chi connectivity index (χ3n) is 4.47.